The third-order valence-corrected chi connectivity index (χ3v) is 3.08. The van der Waals surface area contributed by atoms with E-state index in [0.29, 0.717) is 22.7 Å². The second-order valence-corrected chi connectivity index (χ2v) is 4.72. The van der Waals surface area contributed by atoms with E-state index in [4.69, 9.17) is 0 Å². The average Bonchev–Trinajstić information content (AvgIpc) is 2.65. The van der Waals surface area contributed by atoms with Crippen LogP contribution in [-0.2, 0) is 6.54 Å². The molecule has 1 N–H and O–H groups in total. The van der Waals surface area contributed by atoms with E-state index in [0.717, 1.165) is 5.69 Å². The highest BCUT2D eigenvalue weighted by atomic mass is 79.9. The number of hydrogen-bond acceptors (Lipinski definition) is 2. The quantitative estimate of drug-likeness (QED) is 0.864. The van der Waals surface area contributed by atoms with Crippen LogP contribution in [0.3, 0.4) is 0 Å². The normalized spacial score (nSPS) is 10.4. The lowest BCUT2D eigenvalue weighted by atomic mass is 10.3. The monoisotopic (exact) mass is 309 g/mol. The van der Waals surface area contributed by atoms with Gasteiger partial charge in [0.25, 0.3) is 0 Å². The summed E-state index contributed by atoms with van der Waals surface area (Å²) < 4.78 is 16.2. The molecule has 0 spiro atoms. The van der Waals surface area contributed by atoms with Gasteiger partial charge in [0.1, 0.15) is 5.82 Å². The molecule has 3 nitrogen and oxygen atoms in total. The van der Waals surface area contributed by atoms with Gasteiger partial charge in [0.05, 0.1) is 11.4 Å². The molecule has 1 heterocycles. The first-order valence-corrected chi connectivity index (χ1v) is 6.27. The molecule has 0 amide bonds. The zero-order valence-corrected chi connectivity index (χ0v) is 11.5. The van der Waals surface area contributed by atoms with Gasteiger partial charge in [-0.1, -0.05) is 12.1 Å². The molecule has 18 heavy (non-hydrogen) atoms. The van der Waals surface area contributed by atoms with Crippen molar-refractivity contribution in [3.63, 3.8) is 0 Å². The van der Waals surface area contributed by atoms with Gasteiger partial charge >= 0.3 is 0 Å². The molecule has 1 aromatic heterocycles. The Morgan fingerprint density at radius 2 is 2.33 bits per heavy atom. The smallest absolute Gasteiger partial charge is 0.207 e. The van der Waals surface area contributed by atoms with Crippen LogP contribution >= 0.6 is 15.9 Å². The van der Waals surface area contributed by atoms with Crippen LogP contribution < -0.4 is 5.32 Å². The number of benzene rings is 1. The van der Waals surface area contributed by atoms with Crippen LogP contribution in [-0.4, -0.2) is 9.55 Å². The Labute approximate surface area is 113 Å². The number of nitrogens with one attached hydrogen (secondary N) is 1. The molecular formula is C13H13BrFN3. The number of allylic oxidation sites excluding steroid dienone is 1. The van der Waals surface area contributed by atoms with E-state index in [-0.39, 0.29) is 5.82 Å². The number of hydrogen-bond donors (Lipinski definition) is 1. The molecular weight excluding hydrogens is 297 g/mol. The van der Waals surface area contributed by atoms with Crippen LogP contribution in [0.2, 0.25) is 0 Å². The number of anilines is 2. The van der Waals surface area contributed by atoms with Crippen molar-refractivity contribution >= 4 is 27.6 Å². The second kappa shape index (κ2) is 5.35. The summed E-state index contributed by atoms with van der Waals surface area (Å²) in [5.41, 5.74) is 1.25. The Kier molecular flexibility index (Phi) is 3.81. The van der Waals surface area contributed by atoms with Gasteiger partial charge in [-0.25, -0.2) is 9.37 Å². The van der Waals surface area contributed by atoms with Gasteiger partial charge in [-0.2, -0.15) is 0 Å². The van der Waals surface area contributed by atoms with Gasteiger partial charge in [-0.15, -0.1) is 6.58 Å². The summed E-state index contributed by atoms with van der Waals surface area (Å²) in [6.45, 7) is 6.20. The molecule has 0 aliphatic carbocycles. The number of rotatable bonds is 4. The minimum Gasteiger partial charge on any atom is -0.322 e. The Hall–Kier alpha value is -1.62. The topological polar surface area (TPSA) is 29.9 Å². The first-order valence-electron chi connectivity index (χ1n) is 5.47. The van der Waals surface area contributed by atoms with Crippen molar-refractivity contribution in [3.05, 3.63) is 53.0 Å². The van der Waals surface area contributed by atoms with Gasteiger partial charge < -0.3 is 9.88 Å². The number of para-hydroxylation sites is 1. The van der Waals surface area contributed by atoms with Crippen molar-refractivity contribution in [1.82, 2.24) is 9.55 Å². The largest absolute Gasteiger partial charge is 0.322 e. The number of nitrogens with zero attached hydrogens (tertiary/aromatic N) is 2. The number of aryl methyl sites for hydroxylation is 1. The summed E-state index contributed by atoms with van der Waals surface area (Å²) >= 11 is 3.32. The molecule has 2 aromatic rings. The van der Waals surface area contributed by atoms with Gasteiger partial charge in [0.15, 0.2) is 0 Å². The van der Waals surface area contributed by atoms with E-state index in [2.05, 4.69) is 32.8 Å². The molecule has 0 fully saturated rings. The number of halogens is 2. The molecule has 0 bridgehead atoms. The lowest BCUT2D eigenvalue weighted by Crippen LogP contribution is -2.03. The Morgan fingerprint density at radius 1 is 1.56 bits per heavy atom. The molecule has 0 atom stereocenters. The number of aromatic nitrogens is 2. The van der Waals surface area contributed by atoms with Crippen LogP contribution in [0, 0.1) is 12.7 Å². The summed E-state index contributed by atoms with van der Waals surface area (Å²) in [5, 5.41) is 3.00. The molecule has 0 saturated carbocycles. The van der Waals surface area contributed by atoms with E-state index in [9.17, 15) is 4.39 Å². The maximum absolute atomic E-state index is 13.7. The third-order valence-electron chi connectivity index (χ3n) is 2.42. The number of imidazole rings is 1. The lowest BCUT2D eigenvalue weighted by molar-refractivity contribution is 0.630. The van der Waals surface area contributed by atoms with Crippen LogP contribution in [0.5, 0.6) is 0 Å². The fraction of sp³-hybridized carbons (Fsp3) is 0.154. The molecule has 0 unspecified atom stereocenters. The summed E-state index contributed by atoms with van der Waals surface area (Å²) in [4.78, 5) is 4.32. The zero-order valence-electron chi connectivity index (χ0n) is 9.95. The summed E-state index contributed by atoms with van der Waals surface area (Å²) in [6, 6.07) is 4.83. The van der Waals surface area contributed by atoms with Crippen molar-refractivity contribution in [2.24, 2.45) is 0 Å². The molecule has 5 heteroatoms. The van der Waals surface area contributed by atoms with Crippen LogP contribution in [0.1, 0.15) is 5.69 Å². The van der Waals surface area contributed by atoms with E-state index < -0.39 is 0 Å². The van der Waals surface area contributed by atoms with E-state index in [1.165, 1.54) is 6.07 Å². The van der Waals surface area contributed by atoms with E-state index >= 15 is 0 Å². The first kappa shape index (κ1) is 12.8. The SMILES string of the molecule is C=CCn1cc(C)nc1Nc1c(F)cccc1Br. The predicted molar refractivity (Wildman–Crippen MR) is 74.5 cm³/mol. The van der Waals surface area contributed by atoms with Gasteiger partial charge in [-0.3, -0.25) is 0 Å². The maximum atomic E-state index is 13.7. The zero-order chi connectivity index (χ0) is 13.1. The van der Waals surface area contributed by atoms with E-state index in [1.54, 1.807) is 18.2 Å². The van der Waals surface area contributed by atoms with Crippen molar-refractivity contribution in [3.8, 4) is 0 Å². The van der Waals surface area contributed by atoms with Crippen molar-refractivity contribution < 1.29 is 4.39 Å². The summed E-state index contributed by atoms with van der Waals surface area (Å²) in [5.74, 6) is 0.272. The molecule has 94 valence electrons. The van der Waals surface area contributed by atoms with Crippen molar-refractivity contribution in [1.29, 1.82) is 0 Å². The van der Waals surface area contributed by atoms with Crippen molar-refractivity contribution in [2.75, 3.05) is 5.32 Å². The predicted octanol–water partition coefficient (Wildman–Crippen LogP) is 4.02. The van der Waals surface area contributed by atoms with Gasteiger partial charge in [0, 0.05) is 17.2 Å². The molecule has 0 saturated heterocycles. The highest BCUT2D eigenvalue weighted by Gasteiger charge is 2.10. The Balaban J connectivity index is 2.36. The highest BCUT2D eigenvalue weighted by molar-refractivity contribution is 9.10. The van der Waals surface area contributed by atoms with Crippen LogP contribution in [0.25, 0.3) is 0 Å². The molecule has 0 radical (unpaired) electrons. The fourth-order valence-corrected chi connectivity index (χ4v) is 2.09. The standard InChI is InChI=1S/C13H13BrFN3/c1-3-7-18-8-9(2)16-13(18)17-12-10(14)5-4-6-11(12)15/h3-6,8H,1,7H2,2H3,(H,16,17). The Bertz CT molecular complexity index is 557. The van der Waals surface area contributed by atoms with Crippen LogP contribution in [0.4, 0.5) is 16.0 Å². The molecule has 0 aliphatic heterocycles. The lowest BCUT2D eigenvalue weighted by Gasteiger charge is -2.10. The summed E-state index contributed by atoms with van der Waals surface area (Å²) in [6.07, 6.45) is 3.65. The third kappa shape index (κ3) is 2.61. The van der Waals surface area contributed by atoms with E-state index in [1.807, 2.05) is 17.7 Å². The first-order chi connectivity index (χ1) is 8.61. The van der Waals surface area contributed by atoms with Gasteiger partial charge in [0.2, 0.25) is 5.95 Å². The van der Waals surface area contributed by atoms with Crippen LogP contribution in [0.15, 0.2) is 41.5 Å². The Morgan fingerprint density at radius 3 is 3.00 bits per heavy atom. The molecule has 1 aromatic carbocycles. The average molecular weight is 310 g/mol. The van der Waals surface area contributed by atoms with Gasteiger partial charge in [-0.05, 0) is 35.0 Å². The minimum atomic E-state index is -0.324. The minimum absolute atomic E-state index is 0.324. The second-order valence-electron chi connectivity index (χ2n) is 3.87. The summed E-state index contributed by atoms with van der Waals surface area (Å²) in [7, 11) is 0. The van der Waals surface area contributed by atoms with Crippen molar-refractivity contribution in [2.45, 2.75) is 13.5 Å². The highest BCUT2D eigenvalue weighted by Crippen LogP contribution is 2.28. The maximum Gasteiger partial charge on any atom is 0.207 e. The molecule has 2 rings (SSSR count). The fourth-order valence-electron chi connectivity index (χ4n) is 1.65. The molecule has 0 aliphatic rings.